The molecule has 1 atom stereocenters. The average molecular weight is 469 g/mol. The second kappa shape index (κ2) is 8.34. The highest BCUT2D eigenvalue weighted by atomic mass is 16.5. The lowest BCUT2D eigenvalue weighted by molar-refractivity contribution is 0.384. The SMILES string of the molecule is COc1ccc(C2c3c(nc4c(c3N)CCCC4)Oc3c2c(C)nn3-c2ccccc2)c(OC)c1. The molecule has 2 aliphatic rings. The lowest BCUT2D eigenvalue weighted by Gasteiger charge is -2.31. The van der Waals surface area contributed by atoms with Crippen LogP contribution in [0, 0.1) is 6.92 Å². The Morgan fingerprint density at radius 2 is 1.80 bits per heavy atom. The molecule has 7 nitrogen and oxygen atoms in total. The molecule has 178 valence electrons. The van der Waals surface area contributed by atoms with Crippen molar-refractivity contribution in [1.29, 1.82) is 0 Å². The van der Waals surface area contributed by atoms with Gasteiger partial charge in [-0.15, -0.1) is 0 Å². The van der Waals surface area contributed by atoms with E-state index in [1.807, 2.05) is 60.1 Å². The first-order valence-corrected chi connectivity index (χ1v) is 12.0. The smallest absolute Gasteiger partial charge is 0.229 e. The Bertz CT molecular complexity index is 1430. The lowest BCUT2D eigenvalue weighted by atomic mass is 9.80. The maximum absolute atomic E-state index is 6.91. The number of nitrogens with zero attached hydrogens (tertiary/aromatic N) is 3. The van der Waals surface area contributed by atoms with E-state index in [4.69, 9.17) is 30.0 Å². The predicted molar refractivity (Wildman–Crippen MR) is 134 cm³/mol. The van der Waals surface area contributed by atoms with Gasteiger partial charge in [0, 0.05) is 23.0 Å². The van der Waals surface area contributed by atoms with E-state index >= 15 is 0 Å². The number of hydrogen-bond acceptors (Lipinski definition) is 6. The van der Waals surface area contributed by atoms with Crippen LogP contribution in [0.3, 0.4) is 0 Å². The van der Waals surface area contributed by atoms with Crippen molar-refractivity contribution in [2.75, 3.05) is 20.0 Å². The fourth-order valence-electron chi connectivity index (χ4n) is 5.42. The summed E-state index contributed by atoms with van der Waals surface area (Å²) in [6.07, 6.45) is 4.07. The number of hydrogen-bond donors (Lipinski definition) is 1. The molecule has 3 heterocycles. The van der Waals surface area contributed by atoms with Crippen molar-refractivity contribution in [3.63, 3.8) is 0 Å². The number of benzene rings is 2. The highest BCUT2D eigenvalue weighted by Crippen LogP contribution is 2.53. The van der Waals surface area contributed by atoms with Gasteiger partial charge >= 0.3 is 0 Å². The molecule has 7 heteroatoms. The third kappa shape index (κ3) is 3.33. The maximum atomic E-state index is 6.91. The van der Waals surface area contributed by atoms with Crippen LogP contribution in [-0.2, 0) is 12.8 Å². The summed E-state index contributed by atoms with van der Waals surface area (Å²) in [5, 5.41) is 4.90. The summed E-state index contributed by atoms with van der Waals surface area (Å²) < 4.78 is 19.7. The van der Waals surface area contributed by atoms with Gasteiger partial charge in [0.05, 0.1) is 42.6 Å². The number of aryl methyl sites for hydroxylation is 2. The summed E-state index contributed by atoms with van der Waals surface area (Å²) in [4.78, 5) is 5.01. The van der Waals surface area contributed by atoms with Crippen LogP contribution >= 0.6 is 0 Å². The zero-order valence-corrected chi connectivity index (χ0v) is 20.2. The Hall–Kier alpha value is -4.00. The molecule has 0 bridgehead atoms. The first-order chi connectivity index (χ1) is 17.1. The minimum Gasteiger partial charge on any atom is -0.497 e. The minimum absolute atomic E-state index is 0.244. The Morgan fingerprint density at radius 3 is 2.57 bits per heavy atom. The van der Waals surface area contributed by atoms with Crippen LogP contribution in [0.5, 0.6) is 23.3 Å². The van der Waals surface area contributed by atoms with Crippen molar-refractivity contribution in [1.82, 2.24) is 14.8 Å². The van der Waals surface area contributed by atoms with Gasteiger partial charge in [-0.25, -0.2) is 9.67 Å². The van der Waals surface area contributed by atoms with Crippen LogP contribution in [0.15, 0.2) is 48.5 Å². The summed E-state index contributed by atoms with van der Waals surface area (Å²) in [6.45, 7) is 2.01. The van der Waals surface area contributed by atoms with Crippen LogP contribution < -0.4 is 19.9 Å². The van der Waals surface area contributed by atoms with Gasteiger partial charge in [-0.1, -0.05) is 24.3 Å². The molecule has 4 aromatic rings. The van der Waals surface area contributed by atoms with Crippen LogP contribution in [0.25, 0.3) is 5.69 Å². The highest BCUT2D eigenvalue weighted by Gasteiger charge is 2.40. The van der Waals surface area contributed by atoms with Crippen LogP contribution in [0.2, 0.25) is 0 Å². The van der Waals surface area contributed by atoms with Crippen molar-refractivity contribution in [2.24, 2.45) is 0 Å². The van der Waals surface area contributed by atoms with Crippen molar-refractivity contribution < 1.29 is 14.2 Å². The minimum atomic E-state index is -0.244. The van der Waals surface area contributed by atoms with Gasteiger partial charge in [0.15, 0.2) is 0 Å². The third-order valence-corrected chi connectivity index (χ3v) is 7.11. The average Bonchev–Trinajstić information content (AvgIpc) is 3.23. The van der Waals surface area contributed by atoms with E-state index in [2.05, 4.69) is 0 Å². The molecule has 1 unspecified atom stereocenters. The summed E-state index contributed by atoms with van der Waals surface area (Å²) in [5.41, 5.74) is 14.5. The summed E-state index contributed by atoms with van der Waals surface area (Å²) in [7, 11) is 3.33. The van der Waals surface area contributed by atoms with Gasteiger partial charge < -0.3 is 19.9 Å². The van der Waals surface area contributed by atoms with Gasteiger partial charge in [0.2, 0.25) is 11.8 Å². The summed E-state index contributed by atoms with van der Waals surface area (Å²) >= 11 is 0. The van der Waals surface area contributed by atoms with E-state index in [0.717, 1.165) is 82.2 Å². The van der Waals surface area contributed by atoms with Crippen molar-refractivity contribution in [3.8, 4) is 28.9 Å². The molecule has 0 radical (unpaired) electrons. The first kappa shape index (κ1) is 21.5. The van der Waals surface area contributed by atoms with E-state index in [-0.39, 0.29) is 5.92 Å². The van der Waals surface area contributed by atoms with Gasteiger partial charge in [-0.2, -0.15) is 5.10 Å². The van der Waals surface area contributed by atoms with E-state index in [1.54, 1.807) is 14.2 Å². The zero-order chi connectivity index (χ0) is 24.1. The molecule has 0 fully saturated rings. The number of anilines is 1. The Balaban J connectivity index is 1.65. The normalized spacial score (nSPS) is 16.0. The molecule has 0 saturated heterocycles. The first-order valence-electron chi connectivity index (χ1n) is 12.0. The molecular formula is C28H28N4O3. The molecule has 0 amide bonds. The molecule has 1 aliphatic carbocycles. The number of para-hydroxylation sites is 1. The third-order valence-electron chi connectivity index (χ3n) is 7.11. The number of aromatic nitrogens is 3. The quantitative estimate of drug-likeness (QED) is 0.383. The number of nitrogens with two attached hydrogens (primary N) is 1. The number of fused-ring (bicyclic) bond motifs is 3. The highest BCUT2D eigenvalue weighted by molar-refractivity contribution is 5.70. The molecule has 6 rings (SSSR count). The molecule has 35 heavy (non-hydrogen) atoms. The molecule has 2 aromatic carbocycles. The van der Waals surface area contributed by atoms with Gasteiger partial charge in [-0.3, -0.25) is 0 Å². The fourth-order valence-corrected chi connectivity index (χ4v) is 5.42. The maximum Gasteiger partial charge on any atom is 0.229 e. The van der Waals surface area contributed by atoms with Gasteiger partial charge in [0.1, 0.15) is 11.5 Å². The van der Waals surface area contributed by atoms with Crippen molar-refractivity contribution in [3.05, 3.63) is 82.2 Å². The molecular weight excluding hydrogens is 440 g/mol. The molecule has 0 spiro atoms. The lowest BCUT2D eigenvalue weighted by Crippen LogP contribution is -2.20. The van der Waals surface area contributed by atoms with Crippen molar-refractivity contribution >= 4 is 5.69 Å². The number of ether oxygens (including phenoxy) is 3. The van der Waals surface area contributed by atoms with Crippen LogP contribution in [0.4, 0.5) is 5.69 Å². The van der Waals surface area contributed by atoms with Crippen molar-refractivity contribution in [2.45, 2.75) is 38.5 Å². The largest absolute Gasteiger partial charge is 0.497 e. The number of rotatable bonds is 4. The molecule has 2 N–H and O–H groups in total. The zero-order valence-electron chi connectivity index (χ0n) is 20.2. The van der Waals surface area contributed by atoms with E-state index in [0.29, 0.717) is 11.8 Å². The van der Waals surface area contributed by atoms with Gasteiger partial charge in [-0.05, 0) is 56.4 Å². The van der Waals surface area contributed by atoms with Crippen LogP contribution in [-0.4, -0.2) is 29.0 Å². The van der Waals surface area contributed by atoms with E-state index in [1.165, 1.54) is 0 Å². The molecule has 1 aliphatic heterocycles. The number of pyridine rings is 1. The van der Waals surface area contributed by atoms with E-state index < -0.39 is 0 Å². The monoisotopic (exact) mass is 468 g/mol. The number of methoxy groups -OCH3 is 2. The fraction of sp³-hybridized carbons (Fsp3) is 0.286. The second-order valence-corrected chi connectivity index (χ2v) is 9.07. The second-order valence-electron chi connectivity index (χ2n) is 9.07. The van der Waals surface area contributed by atoms with Crippen LogP contribution in [0.1, 0.15) is 52.4 Å². The topological polar surface area (TPSA) is 84.4 Å². The molecule has 2 aromatic heterocycles. The summed E-state index contributed by atoms with van der Waals surface area (Å²) in [6, 6.07) is 15.9. The predicted octanol–water partition coefficient (Wildman–Crippen LogP) is 5.34. The molecule has 0 saturated carbocycles. The summed E-state index contributed by atoms with van der Waals surface area (Å²) in [5.74, 6) is 2.41. The van der Waals surface area contributed by atoms with Gasteiger partial charge in [0.25, 0.3) is 0 Å². The standard InChI is InChI=1S/C28H28N4O3/c1-16-23-24(20-14-13-18(33-2)15-22(20)34-3)25-26(29)19-11-7-8-12-21(19)30-27(25)35-28(23)32(31-16)17-9-5-4-6-10-17/h4-6,9-10,13-15,24H,7-8,11-12H2,1-3H3,(H2,29,30). The van der Waals surface area contributed by atoms with E-state index in [9.17, 15) is 0 Å². The Kier molecular flexibility index (Phi) is 5.13. The number of nitrogen functional groups attached to an aromatic ring is 1. The Morgan fingerprint density at radius 1 is 1.00 bits per heavy atom. The Labute approximate surface area is 204 Å².